The van der Waals surface area contributed by atoms with E-state index in [0.29, 0.717) is 12.1 Å². The minimum Gasteiger partial charge on any atom is -0.497 e. The van der Waals surface area contributed by atoms with Gasteiger partial charge in [0, 0.05) is 18.4 Å². The molecule has 2 rings (SSSR count). The quantitative estimate of drug-likeness (QED) is 0.801. The first-order valence-electron chi connectivity index (χ1n) is 8.11. The molecule has 0 heterocycles. The summed E-state index contributed by atoms with van der Waals surface area (Å²) < 4.78 is 28.2. The van der Waals surface area contributed by atoms with Crippen LogP contribution in [0.3, 0.4) is 0 Å². The molecule has 0 saturated heterocycles. The number of carbonyl (C=O) groups is 1. The van der Waals surface area contributed by atoms with Crippen LogP contribution in [0.5, 0.6) is 5.75 Å². The third-order valence-electron chi connectivity index (χ3n) is 4.12. The predicted molar refractivity (Wildman–Crippen MR) is 101 cm³/mol. The number of amides is 1. The van der Waals surface area contributed by atoms with Crippen molar-refractivity contribution in [3.05, 3.63) is 59.7 Å². The molecule has 140 valence electrons. The van der Waals surface area contributed by atoms with Gasteiger partial charge in [0.25, 0.3) is 5.91 Å². The van der Waals surface area contributed by atoms with Gasteiger partial charge in [0.2, 0.25) is 0 Å². The summed E-state index contributed by atoms with van der Waals surface area (Å²) in [6.45, 7) is 0.423. The Morgan fingerprint density at radius 1 is 1.08 bits per heavy atom. The van der Waals surface area contributed by atoms with Gasteiger partial charge in [-0.25, -0.2) is 8.42 Å². The Labute approximate surface area is 154 Å². The molecule has 0 aliphatic carbocycles. The van der Waals surface area contributed by atoms with Gasteiger partial charge in [0.1, 0.15) is 5.75 Å². The lowest BCUT2D eigenvalue weighted by Crippen LogP contribution is -2.34. The summed E-state index contributed by atoms with van der Waals surface area (Å²) in [5, 5.41) is 2.90. The standard InChI is InChI=1S/C19H24N2O4S/c1-21(2)18(14-5-9-16(25-3)10-6-14)13-20-19(22)15-7-11-17(12-8-15)26(4,23)24/h5-12,18H,13H2,1-4H3,(H,20,22)/t18-/m0/s1. The van der Waals surface area contributed by atoms with Crippen LogP contribution < -0.4 is 10.1 Å². The fourth-order valence-corrected chi connectivity index (χ4v) is 3.20. The normalized spacial score (nSPS) is 12.7. The molecule has 6 nitrogen and oxygen atoms in total. The molecule has 1 atom stereocenters. The van der Waals surface area contributed by atoms with E-state index in [4.69, 9.17) is 4.74 Å². The van der Waals surface area contributed by atoms with Gasteiger partial charge >= 0.3 is 0 Å². The van der Waals surface area contributed by atoms with E-state index in [1.54, 1.807) is 7.11 Å². The zero-order valence-corrected chi connectivity index (χ0v) is 16.2. The predicted octanol–water partition coefficient (Wildman–Crippen LogP) is 2.13. The first-order valence-corrected chi connectivity index (χ1v) is 10.00. The number of sulfone groups is 1. The second kappa shape index (κ2) is 8.33. The zero-order chi connectivity index (χ0) is 19.3. The highest BCUT2D eigenvalue weighted by Gasteiger charge is 2.16. The molecule has 0 radical (unpaired) electrons. The molecule has 0 aromatic heterocycles. The average molecular weight is 376 g/mol. The summed E-state index contributed by atoms with van der Waals surface area (Å²) in [5.41, 5.74) is 1.48. The maximum atomic E-state index is 12.4. The average Bonchev–Trinajstić information content (AvgIpc) is 2.61. The van der Waals surface area contributed by atoms with E-state index in [0.717, 1.165) is 17.6 Å². The van der Waals surface area contributed by atoms with Gasteiger partial charge in [-0.3, -0.25) is 4.79 Å². The number of hydrogen-bond acceptors (Lipinski definition) is 5. The van der Waals surface area contributed by atoms with Crippen LogP contribution in [-0.4, -0.2) is 53.2 Å². The topological polar surface area (TPSA) is 75.7 Å². The van der Waals surface area contributed by atoms with Gasteiger partial charge < -0.3 is 15.0 Å². The molecule has 0 bridgehead atoms. The second-order valence-corrected chi connectivity index (χ2v) is 8.27. The number of benzene rings is 2. The minimum absolute atomic E-state index is 0.000138. The van der Waals surface area contributed by atoms with Crippen molar-refractivity contribution in [3.63, 3.8) is 0 Å². The maximum absolute atomic E-state index is 12.4. The molecule has 1 amide bonds. The number of nitrogens with zero attached hydrogens (tertiary/aromatic N) is 1. The van der Waals surface area contributed by atoms with Crippen LogP contribution in [0.4, 0.5) is 0 Å². The van der Waals surface area contributed by atoms with Crippen LogP contribution in [0.2, 0.25) is 0 Å². The summed E-state index contributed by atoms with van der Waals surface area (Å²) >= 11 is 0. The molecular formula is C19H24N2O4S. The Morgan fingerprint density at radius 3 is 2.12 bits per heavy atom. The number of ether oxygens (including phenoxy) is 1. The number of likely N-dealkylation sites (N-methyl/N-ethyl adjacent to an activating group) is 1. The van der Waals surface area contributed by atoms with Crippen molar-refractivity contribution in [2.75, 3.05) is 34.0 Å². The number of methoxy groups -OCH3 is 1. The van der Waals surface area contributed by atoms with Crippen LogP contribution in [0.15, 0.2) is 53.4 Å². The van der Waals surface area contributed by atoms with Crippen molar-refractivity contribution in [3.8, 4) is 5.75 Å². The van der Waals surface area contributed by atoms with E-state index in [1.165, 1.54) is 24.3 Å². The molecule has 0 spiro atoms. The first kappa shape index (κ1) is 19.9. The second-order valence-electron chi connectivity index (χ2n) is 6.26. The molecular weight excluding hydrogens is 352 g/mol. The monoisotopic (exact) mass is 376 g/mol. The van der Waals surface area contributed by atoms with Crippen molar-refractivity contribution >= 4 is 15.7 Å². The van der Waals surface area contributed by atoms with Gasteiger partial charge in [-0.15, -0.1) is 0 Å². The SMILES string of the molecule is COc1ccc([C@H](CNC(=O)c2ccc(S(C)(=O)=O)cc2)N(C)C)cc1. The Bertz CT molecular complexity index is 844. The highest BCUT2D eigenvalue weighted by atomic mass is 32.2. The Kier molecular flexibility index (Phi) is 6.39. The van der Waals surface area contributed by atoms with Gasteiger partial charge in [-0.05, 0) is 56.1 Å². The van der Waals surface area contributed by atoms with Gasteiger partial charge in [0.15, 0.2) is 9.84 Å². The third kappa shape index (κ3) is 5.06. The van der Waals surface area contributed by atoms with Crippen LogP contribution in [0.1, 0.15) is 22.0 Å². The Hall–Kier alpha value is -2.38. The number of carbonyl (C=O) groups excluding carboxylic acids is 1. The summed E-state index contributed by atoms with van der Waals surface area (Å²) in [7, 11) is 2.24. The smallest absolute Gasteiger partial charge is 0.251 e. The van der Waals surface area contributed by atoms with Crippen molar-refractivity contribution in [1.29, 1.82) is 0 Å². The van der Waals surface area contributed by atoms with Crippen molar-refractivity contribution in [1.82, 2.24) is 10.2 Å². The highest BCUT2D eigenvalue weighted by Crippen LogP contribution is 2.21. The zero-order valence-electron chi connectivity index (χ0n) is 15.4. The van der Waals surface area contributed by atoms with Crippen molar-refractivity contribution in [2.24, 2.45) is 0 Å². The molecule has 2 aromatic carbocycles. The van der Waals surface area contributed by atoms with Crippen molar-refractivity contribution in [2.45, 2.75) is 10.9 Å². The van der Waals surface area contributed by atoms with E-state index < -0.39 is 9.84 Å². The Morgan fingerprint density at radius 2 is 1.65 bits per heavy atom. The largest absolute Gasteiger partial charge is 0.497 e. The third-order valence-corrected chi connectivity index (χ3v) is 5.25. The number of hydrogen-bond donors (Lipinski definition) is 1. The minimum atomic E-state index is -3.27. The molecule has 0 fully saturated rings. The lowest BCUT2D eigenvalue weighted by Gasteiger charge is -2.25. The molecule has 0 aliphatic rings. The molecule has 26 heavy (non-hydrogen) atoms. The number of nitrogens with one attached hydrogen (secondary N) is 1. The maximum Gasteiger partial charge on any atom is 0.251 e. The lowest BCUT2D eigenvalue weighted by molar-refractivity contribution is 0.0942. The van der Waals surface area contributed by atoms with Crippen LogP contribution >= 0.6 is 0 Å². The van der Waals surface area contributed by atoms with Crippen LogP contribution in [0, 0.1) is 0 Å². The van der Waals surface area contributed by atoms with E-state index in [-0.39, 0.29) is 16.8 Å². The van der Waals surface area contributed by atoms with Gasteiger partial charge in [-0.1, -0.05) is 12.1 Å². The van der Waals surface area contributed by atoms with Gasteiger partial charge in [-0.2, -0.15) is 0 Å². The molecule has 0 saturated carbocycles. The van der Waals surface area contributed by atoms with E-state index in [9.17, 15) is 13.2 Å². The highest BCUT2D eigenvalue weighted by molar-refractivity contribution is 7.90. The van der Waals surface area contributed by atoms with Crippen molar-refractivity contribution < 1.29 is 17.9 Å². The molecule has 0 aliphatic heterocycles. The number of rotatable bonds is 7. The molecule has 0 unspecified atom stereocenters. The van der Waals surface area contributed by atoms with E-state index in [1.807, 2.05) is 43.3 Å². The lowest BCUT2D eigenvalue weighted by atomic mass is 10.1. The summed E-state index contributed by atoms with van der Waals surface area (Å²) in [4.78, 5) is 14.6. The molecule has 2 aromatic rings. The Balaban J connectivity index is 2.07. The summed E-state index contributed by atoms with van der Waals surface area (Å²) in [6, 6.07) is 13.6. The van der Waals surface area contributed by atoms with Crippen LogP contribution in [-0.2, 0) is 9.84 Å². The van der Waals surface area contributed by atoms with Gasteiger partial charge in [0.05, 0.1) is 18.0 Å². The summed E-state index contributed by atoms with van der Waals surface area (Å²) in [6.07, 6.45) is 1.14. The fraction of sp³-hybridized carbons (Fsp3) is 0.316. The van der Waals surface area contributed by atoms with Crippen LogP contribution in [0.25, 0.3) is 0 Å². The first-order chi connectivity index (χ1) is 12.2. The molecule has 7 heteroatoms. The molecule has 1 N–H and O–H groups in total. The summed E-state index contributed by atoms with van der Waals surface area (Å²) in [5.74, 6) is 0.534. The fourth-order valence-electron chi connectivity index (χ4n) is 2.57. The van der Waals surface area contributed by atoms with E-state index in [2.05, 4.69) is 5.32 Å². The van der Waals surface area contributed by atoms with E-state index >= 15 is 0 Å².